The molecule has 102 valence electrons. The first-order chi connectivity index (χ1) is 9.20. The van der Waals surface area contributed by atoms with Crippen LogP contribution in [-0.2, 0) is 7.05 Å². The van der Waals surface area contributed by atoms with E-state index in [1.807, 2.05) is 19.3 Å². The Morgan fingerprint density at radius 2 is 2.00 bits per heavy atom. The van der Waals surface area contributed by atoms with Crippen molar-refractivity contribution in [2.75, 3.05) is 13.2 Å². The van der Waals surface area contributed by atoms with E-state index in [-0.39, 0.29) is 11.7 Å². The highest BCUT2D eigenvalue weighted by atomic mass is 19.1. The van der Waals surface area contributed by atoms with Gasteiger partial charge in [0.2, 0.25) is 0 Å². The largest absolute Gasteiger partial charge is 0.493 e. The second-order valence-corrected chi connectivity index (χ2v) is 4.58. The van der Waals surface area contributed by atoms with Gasteiger partial charge in [0.05, 0.1) is 6.61 Å². The molecule has 19 heavy (non-hydrogen) atoms. The Morgan fingerprint density at radius 3 is 2.58 bits per heavy atom. The molecular formula is C15H19FN2O. The predicted octanol–water partition coefficient (Wildman–Crippen LogP) is 2.68. The lowest BCUT2D eigenvalue weighted by Gasteiger charge is -2.18. The van der Waals surface area contributed by atoms with Gasteiger partial charge in [-0.1, -0.05) is 0 Å². The van der Waals surface area contributed by atoms with Crippen LogP contribution in [0.4, 0.5) is 4.39 Å². The average molecular weight is 262 g/mol. The van der Waals surface area contributed by atoms with Crippen LogP contribution in [-0.4, -0.2) is 17.7 Å². The Kier molecular flexibility index (Phi) is 4.58. The molecule has 0 bridgehead atoms. The number of ether oxygens (including phenoxy) is 1. The average Bonchev–Trinajstić information content (AvgIpc) is 2.83. The van der Waals surface area contributed by atoms with Gasteiger partial charge in [-0.2, -0.15) is 0 Å². The fraction of sp³-hybridized carbons (Fsp3) is 0.333. The molecule has 0 radical (unpaired) electrons. The zero-order valence-electron chi connectivity index (χ0n) is 11.1. The summed E-state index contributed by atoms with van der Waals surface area (Å²) in [4.78, 5) is 0. The summed E-state index contributed by atoms with van der Waals surface area (Å²) in [5.41, 5.74) is 6.86. The number of nitrogens with zero attached hydrogens (tertiary/aromatic N) is 1. The number of nitrogens with two attached hydrogens (primary N) is 1. The Hall–Kier alpha value is -1.81. The van der Waals surface area contributed by atoms with E-state index in [2.05, 4.69) is 10.6 Å². The quantitative estimate of drug-likeness (QED) is 0.869. The highest BCUT2D eigenvalue weighted by Gasteiger charge is 2.14. The second-order valence-electron chi connectivity index (χ2n) is 4.58. The highest BCUT2D eigenvalue weighted by molar-refractivity contribution is 5.22. The van der Waals surface area contributed by atoms with Crippen molar-refractivity contribution in [3.8, 4) is 5.75 Å². The maximum Gasteiger partial charge on any atom is 0.123 e. The number of aromatic nitrogens is 1. The van der Waals surface area contributed by atoms with Crippen molar-refractivity contribution in [2.24, 2.45) is 12.8 Å². The van der Waals surface area contributed by atoms with Crippen molar-refractivity contribution in [1.29, 1.82) is 0 Å². The SMILES string of the molecule is Cn1cccc1C(CCN)COc1ccc(F)cc1. The fourth-order valence-corrected chi connectivity index (χ4v) is 2.14. The van der Waals surface area contributed by atoms with Gasteiger partial charge in [-0.05, 0) is 49.4 Å². The summed E-state index contributed by atoms with van der Waals surface area (Å²) >= 11 is 0. The van der Waals surface area contributed by atoms with Crippen molar-refractivity contribution >= 4 is 0 Å². The minimum atomic E-state index is -0.256. The van der Waals surface area contributed by atoms with Gasteiger partial charge >= 0.3 is 0 Å². The predicted molar refractivity (Wildman–Crippen MR) is 73.7 cm³/mol. The topological polar surface area (TPSA) is 40.2 Å². The van der Waals surface area contributed by atoms with Crippen LogP contribution in [0.5, 0.6) is 5.75 Å². The molecule has 0 saturated carbocycles. The standard InChI is InChI=1S/C15H19FN2O/c1-18-10-2-3-15(18)12(8-9-17)11-19-14-6-4-13(16)5-7-14/h2-7,10,12H,8-9,11,17H2,1H3. The normalized spacial score (nSPS) is 12.4. The van der Waals surface area contributed by atoms with Crippen LogP contribution in [0.1, 0.15) is 18.0 Å². The molecule has 3 nitrogen and oxygen atoms in total. The molecule has 1 atom stereocenters. The molecule has 0 aliphatic heterocycles. The maximum atomic E-state index is 12.8. The lowest BCUT2D eigenvalue weighted by Crippen LogP contribution is -2.17. The zero-order valence-corrected chi connectivity index (χ0v) is 11.1. The van der Waals surface area contributed by atoms with Crippen LogP contribution in [0, 0.1) is 5.82 Å². The molecule has 2 aromatic rings. The third-order valence-corrected chi connectivity index (χ3v) is 3.18. The monoisotopic (exact) mass is 262 g/mol. The van der Waals surface area contributed by atoms with Gasteiger partial charge < -0.3 is 15.0 Å². The molecule has 1 aromatic carbocycles. The number of benzene rings is 1. The first kappa shape index (κ1) is 13.6. The first-order valence-electron chi connectivity index (χ1n) is 6.40. The number of hydrogen-bond donors (Lipinski definition) is 1. The Morgan fingerprint density at radius 1 is 1.26 bits per heavy atom. The second kappa shape index (κ2) is 6.38. The van der Waals surface area contributed by atoms with E-state index in [1.54, 1.807) is 12.1 Å². The van der Waals surface area contributed by atoms with Crippen molar-refractivity contribution in [3.63, 3.8) is 0 Å². The molecule has 0 aliphatic carbocycles. The third-order valence-electron chi connectivity index (χ3n) is 3.18. The molecule has 0 spiro atoms. The molecule has 2 N–H and O–H groups in total. The first-order valence-corrected chi connectivity index (χ1v) is 6.40. The van der Waals surface area contributed by atoms with Crippen molar-refractivity contribution in [1.82, 2.24) is 4.57 Å². The van der Waals surface area contributed by atoms with Crippen LogP contribution < -0.4 is 10.5 Å². The summed E-state index contributed by atoms with van der Waals surface area (Å²) in [6.45, 7) is 1.16. The number of aryl methyl sites for hydroxylation is 1. The molecule has 1 heterocycles. The summed E-state index contributed by atoms with van der Waals surface area (Å²) < 4.78 is 20.6. The maximum absolute atomic E-state index is 12.8. The minimum absolute atomic E-state index is 0.245. The van der Waals surface area contributed by atoms with Crippen molar-refractivity contribution in [2.45, 2.75) is 12.3 Å². The molecule has 1 aromatic heterocycles. The molecule has 0 saturated heterocycles. The molecule has 0 aliphatic rings. The summed E-state index contributed by atoms with van der Waals surface area (Å²) in [6, 6.07) is 10.2. The van der Waals surface area contributed by atoms with E-state index in [4.69, 9.17) is 10.5 Å². The lowest BCUT2D eigenvalue weighted by molar-refractivity contribution is 0.278. The highest BCUT2D eigenvalue weighted by Crippen LogP contribution is 2.21. The van der Waals surface area contributed by atoms with Gasteiger partial charge in [-0.25, -0.2) is 4.39 Å². The van der Waals surface area contributed by atoms with E-state index >= 15 is 0 Å². The molecular weight excluding hydrogens is 243 g/mol. The van der Waals surface area contributed by atoms with Crippen LogP contribution in [0.2, 0.25) is 0 Å². The Balaban J connectivity index is 2.01. The van der Waals surface area contributed by atoms with Gasteiger partial charge in [0.1, 0.15) is 11.6 Å². The number of rotatable bonds is 6. The van der Waals surface area contributed by atoms with E-state index in [1.165, 1.54) is 17.8 Å². The van der Waals surface area contributed by atoms with Crippen LogP contribution >= 0.6 is 0 Å². The van der Waals surface area contributed by atoms with Crippen LogP contribution in [0.25, 0.3) is 0 Å². The van der Waals surface area contributed by atoms with E-state index < -0.39 is 0 Å². The summed E-state index contributed by atoms with van der Waals surface area (Å²) in [7, 11) is 2.01. The van der Waals surface area contributed by atoms with E-state index in [0.717, 1.165) is 6.42 Å². The number of halogens is 1. The molecule has 1 unspecified atom stereocenters. The Bertz CT molecular complexity index is 507. The summed E-state index contributed by atoms with van der Waals surface area (Å²) in [5, 5.41) is 0. The molecule has 0 amide bonds. The van der Waals surface area contributed by atoms with Crippen molar-refractivity contribution < 1.29 is 9.13 Å². The van der Waals surface area contributed by atoms with Gasteiger partial charge in [0, 0.05) is 24.9 Å². The van der Waals surface area contributed by atoms with Gasteiger partial charge in [-0.3, -0.25) is 0 Å². The Labute approximate surface area is 112 Å². The minimum Gasteiger partial charge on any atom is -0.493 e. The zero-order chi connectivity index (χ0) is 13.7. The molecule has 2 rings (SSSR count). The molecule has 4 heteroatoms. The summed E-state index contributed by atoms with van der Waals surface area (Å²) in [6.07, 6.45) is 2.87. The lowest BCUT2D eigenvalue weighted by atomic mass is 10.0. The van der Waals surface area contributed by atoms with E-state index in [9.17, 15) is 4.39 Å². The van der Waals surface area contributed by atoms with Gasteiger partial charge in [0.25, 0.3) is 0 Å². The smallest absolute Gasteiger partial charge is 0.123 e. The molecule has 0 fully saturated rings. The summed E-state index contributed by atoms with van der Waals surface area (Å²) in [5.74, 6) is 0.668. The third kappa shape index (κ3) is 3.58. The van der Waals surface area contributed by atoms with Crippen LogP contribution in [0.3, 0.4) is 0 Å². The van der Waals surface area contributed by atoms with Gasteiger partial charge in [-0.15, -0.1) is 0 Å². The fourth-order valence-electron chi connectivity index (χ4n) is 2.14. The van der Waals surface area contributed by atoms with E-state index in [0.29, 0.717) is 18.9 Å². The van der Waals surface area contributed by atoms with Crippen LogP contribution in [0.15, 0.2) is 42.6 Å². The van der Waals surface area contributed by atoms with Gasteiger partial charge in [0.15, 0.2) is 0 Å². The van der Waals surface area contributed by atoms with Crippen molar-refractivity contribution in [3.05, 3.63) is 54.1 Å². The number of hydrogen-bond acceptors (Lipinski definition) is 2.